The molecule has 122 valence electrons. The van der Waals surface area contributed by atoms with E-state index in [0.717, 1.165) is 0 Å². The van der Waals surface area contributed by atoms with E-state index in [4.69, 9.17) is 5.11 Å². The predicted molar refractivity (Wildman–Crippen MR) is 86.7 cm³/mol. The molecule has 1 saturated heterocycles. The predicted octanol–water partition coefficient (Wildman–Crippen LogP) is 1.77. The molecule has 1 unspecified atom stereocenters. The molecule has 7 nitrogen and oxygen atoms in total. The molecular weight excluding hydrogens is 310 g/mol. The molecule has 1 aromatic carbocycles. The quantitative estimate of drug-likeness (QED) is 0.892. The molecule has 2 N–H and O–H groups in total. The summed E-state index contributed by atoms with van der Waals surface area (Å²) in [5.74, 6) is -2.18. The number of anilines is 2. The first-order valence-electron chi connectivity index (χ1n) is 7.39. The Morgan fingerprint density at radius 2 is 1.96 bits per heavy atom. The maximum Gasteiger partial charge on any atom is 0.308 e. The Morgan fingerprint density at radius 1 is 1.21 bits per heavy atom. The number of carboxylic acids is 1. The van der Waals surface area contributed by atoms with E-state index in [-0.39, 0.29) is 24.8 Å². The van der Waals surface area contributed by atoms with Crippen molar-refractivity contribution in [2.45, 2.75) is 6.42 Å². The lowest BCUT2D eigenvalue weighted by atomic mass is 10.1. The van der Waals surface area contributed by atoms with Crippen LogP contribution in [-0.4, -0.2) is 34.4 Å². The van der Waals surface area contributed by atoms with Gasteiger partial charge >= 0.3 is 5.97 Å². The van der Waals surface area contributed by atoms with Gasteiger partial charge in [0.25, 0.3) is 5.91 Å². The number of hydrogen-bond acceptors (Lipinski definition) is 4. The zero-order chi connectivity index (χ0) is 17.1. The van der Waals surface area contributed by atoms with Crippen molar-refractivity contribution in [1.82, 2.24) is 4.98 Å². The lowest BCUT2D eigenvalue weighted by molar-refractivity contribution is -0.141. The van der Waals surface area contributed by atoms with Gasteiger partial charge in [-0.1, -0.05) is 0 Å². The van der Waals surface area contributed by atoms with Crippen LogP contribution < -0.4 is 10.2 Å². The number of aliphatic carboxylic acids is 1. The highest BCUT2D eigenvalue weighted by molar-refractivity contribution is 6.05. The van der Waals surface area contributed by atoms with Gasteiger partial charge in [0, 0.05) is 30.4 Å². The first-order valence-corrected chi connectivity index (χ1v) is 7.39. The van der Waals surface area contributed by atoms with E-state index in [1.54, 1.807) is 48.8 Å². The highest BCUT2D eigenvalue weighted by atomic mass is 16.4. The van der Waals surface area contributed by atoms with Gasteiger partial charge in [-0.25, -0.2) is 0 Å². The molecule has 2 heterocycles. The van der Waals surface area contributed by atoms with Gasteiger partial charge in [0.05, 0.1) is 17.8 Å². The van der Waals surface area contributed by atoms with Crippen molar-refractivity contribution in [3.63, 3.8) is 0 Å². The second-order valence-corrected chi connectivity index (χ2v) is 5.49. The van der Waals surface area contributed by atoms with Crippen LogP contribution in [-0.2, 0) is 9.59 Å². The maximum atomic E-state index is 12.2. The Morgan fingerprint density at radius 3 is 2.54 bits per heavy atom. The first kappa shape index (κ1) is 15.7. The fourth-order valence-corrected chi connectivity index (χ4v) is 2.56. The molecule has 2 aromatic rings. The first-order chi connectivity index (χ1) is 11.5. The Kier molecular flexibility index (Phi) is 4.24. The van der Waals surface area contributed by atoms with Crippen LogP contribution in [0, 0.1) is 5.92 Å². The number of hydrogen-bond donors (Lipinski definition) is 2. The molecule has 0 radical (unpaired) electrons. The fraction of sp³-hybridized carbons (Fsp3) is 0.176. The molecule has 3 rings (SSSR count). The number of pyridine rings is 1. The number of aromatic nitrogens is 1. The normalized spacial score (nSPS) is 16.9. The summed E-state index contributed by atoms with van der Waals surface area (Å²) in [4.78, 5) is 40.4. The molecule has 1 atom stereocenters. The standard InChI is InChI=1S/C17H15N3O4/c21-15-8-12(17(23)24)10-20(15)14-5-3-11(4-6-14)16(22)19-13-2-1-7-18-9-13/h1-7,9,12H,8,10H2,(H,19,22)(H,23,24). The third kappa shape index (κ3) is 3.24. The molecule has 0 aliphatic carbocycles. The van der Waals surface area contributed by atoms with Crippen molar-refractivity contribution in [2.24, 2.45) is 5.92 Å². The average molecular weight is 325 g/mol. The van der Waals surface area contributed by atoms with Crippen LogP contribution in [0.25, 0.3) is 0 Å². The topological polar surface area (TPSA) is 99.6 Å². The number of carbonyl (C=O) groups is 3. The van der Waals surface area contributed by atoms with Gasteiger partial charge in [-0.2, -0.15) is 0 Å². The van der Waals surface area contributed by atoms with E-state index in [2.05, 4.69) is 10.3 Å². The van der Waals surface area contributed by atoms with Gasteiger partial charge in [0.2, 0.25) is 5.91 Å². The number of amides is 2. The van der Waals surface area contributed by atoms with Crippen LogP contribution in [0.5, 0.6) is 0 Å². The second-order valence-electron chi connectivity index (χ2n) is 5.49. The van der Waals surface area contributed by atoms with Gasteiger partial charge < -0.3 is 15.3 Å². The van der Waals surface area contributed by atoms with Crippen molar-refractivity contribution in [2.75, 3.05) is 16.8 Å². The van der Waals surface area contributed by atoms with Crippen molar-refractivity contribution in [3.05, 3.63) is 54.4 Å². The number of carboxylic acid groups (broad SMARTS) is 1. The van der Waals surface area contributed by atoms with E-state index >= 15 is 0 Å². The molecule has 1 aliphatic heterocycles. The Balaban J connectivity index is 1.70. The third-order valence-corrected chi connectivity index (χ3v) is 3.83. The van der Waals surface area contributed by atoms with Crippen molar-refractivity contribution in [3.8, 4) is 0 Å². The average Bonchev–Trinajstić information content (AvgIpc) is 2.98. The SMILES string of the molecule is O=C(Nc1cccnc1)c1ccc(N2CC(C(=O)O)CC2=O)cc1. The number of nitrogens with one attached hydrogen (secondary N) is 1. The summed E-state index contributed by atoms with van der Waals surface area (Å²) in [7, 11) is 0. The van der Waals surface area contributed by atoms with Crippen LogP contribution in [0.1, 0.15) is 16.8 Å². The highest BCUT2D eigenvalue weighted by Crippen LogP contribution is 2.25. The minimum absolute atomic E-state index is 0.00141. The Bertz CT molecular complexity index is 774. The Hall–Kier alpha value is -3.22. The summed E-state index contributed by atoms with van der Waals surface area (Å²) in [6.45, 7) is 0.148. The van der Waals surface area contributed by atoms with E-state index in [1.165, 1.54) is 4.90 Å². The third-order valence-electron chi connectivity index (χ3n) is 3.83. The number of rotatable bonds is 4. The monoisotopic (exact) mass is 325 g/mol. The number of nitrogens with zero attached hydrogens (tertiary/aromatic N) is 2. The maximum absolute atomic E-state index is 12.2. The molecule has 1 aromatic heterocycles. The fourth-order valence-electron chi connectivity index (χ4n) is 2.56. The lowest BCUT2D eigenvalue weighted by Gasteiger charge is -2.16. The van der Waals surface area contributed by atoms with Crippen molar-refractivity contribution in [1.29, 1.82) is 0 Å². The zero-order valence-corrected chi connectivity index (χ0v) is 12.7. The summed E-state index contributed by atoms with van der Waals surface area (Å²) >= 11 is 0. The summed E-state index contributed by atoms with van der Waals surface area (Å²) in [6, 6.07) is 9.93. The van der Waals surface area contributed by atoms with E-state index in [1.807, 2.05) is 0 Å². The molecule has 0 saturated carbocycles. The van der Waals surface area contributed by atoms with E-state index in [0.29, 0.717) is 16.9 Å². The van der Waals surface area contributed by atoms with Crippen LogP contribution in [0.3, 0.4) is 0 Å². The van der Waals surface area contributed by atoms with Gasteiger partial charge in [-0.3, -0.25) is 19.4 Å². The molecule has 0 bridgehead atoms. The van der Waals surface area contributed by atoms with Crippen molar-refractivity contribution >= 4 is 29.2 Å². The van der Waals surface area contributed by atoms with Crippen LogP contribution in [0.15, 0.2) is 48.8 Å². The van der Waals surface area contributed by atoms with Crippen LogP contribution in [0.2, 0.25) is 0 Å². The molecule has 7 heteroatoms. The molecule has 1 aliphatic rings. The van der Waals surface area contributed by atoms with Gasteiger partial charge in [0.15, 0.2) is 0 Å². The van der Waals surface area contributed by atoms with Gasteiger partial charge in [-0.15, -0.1) is 0 Å². The molecule has 2 amide bonds. The summed E-state index contributed by atoms with van der Waals surface area (Å²) in [6.07, 6.45) is 3.15. The van der Waals surface area contributed by atoms with Crippen LogP contribution in [0.4, 0.5) is 11.4 Å². The summed E-state index contributed by atoms with van der Waals surface area (Å²) in [5, 5.41) is 11.7. The minimum atomic E-state index is -0.974. The zero-order valence-electron chi connectivity index (χ0n) is 12.7. The number of benzene rings is 1. The highest BCUT2D eigenvalue weighted by Gasteiger charge is 2.34. The second kappa shape index (κ2) is 6.49. The van der Waals surface area contributed by atoms with Crippen molar-refractivity contribution < 1.29 is 19.5 Å². The number of carbonyl (C=O) groups excluding carboxylic acids is 2. The molecular formula is C17H15N3O4. The Labute approximate surface area is 137 Å². The largest absolute Gasteiger partial charge is 0.481 e. The lowest BCUT2D eigenvalue weighted by Crippen LogP contribution is -2.25. The molecule has 24 heavy (non-hydrogen) atoms. The summed E-state index contributed by atoms with van der Waals surface area (Å²) < 4.78 is 0. The van der Waals surface area contributed by atoms with Gasteiger partial charge in [0.1, 0.15) is 0 Å². The van der Waals surface area contributed by atoms with Gasteiger partial charge in [-0.05, 0) is 36.4 Å². The molecule has 1 fully saturated rings. The smallest absolute Gasteiger partial charge is 0.308 e. The summed E-state index contributed by atoms with van der Waals surface area (Å²) in [5.41, 5.74) is 1.61. The van der Waals surface area contributed by atoms with E-state index < -0.39 is 11.9 Å². The van der Waals surface area contributed by atoms with E-state index in [9.17, 15) is 14.4 Å². The minimum Gasteiger partial charge on any atom is -0.481 e. The molecule has 0 spiro atoms. The van der Waals surface area contributed by atoms with Crippen LogP contribution >= 0.6 is 0 Å².